The molecule has 0 aliphatic carbocycles. The number of aliphatic imine (C=N–C) groups is 3. The summed E-state index contributed by atoms with van der Waals surface area (Å²) in [5.41, 5.74) is 0. The van der Waals surface area contributed by atoms with E-state index >= 15 is 0 Å². The van der Waals surface area contributed by atoms with Gasteiger partial charge in [0, 0.05) is 6.08 Å². The molecule has 0 fully saturated rings. The van der Waals surface area contributed by atoms with Crippen LogP contribution < -0.4 is 0 Å². The van der Waals surface area contributed by atoms with E-state index in [0.717, 1.165) is 24.3 Å². The maximum atomic E-state index is 10.9. The zero-order valence-corrected chi connectivity index (χ0v) is 8.74. The van der Waals surface area contributed by atoms with Gasteiger partial charge in [0.05, 0.1) is 0 Å². The minimum Gasteiger partial charge on any atom is -0.453 e. The number of esters is 1. The molecule has 0 spiro atoms. The van der Waals surface area contributed by atoms with E-state index in [1.165, 1.54) is 6.92 Å². The van der Waals surface area contributed by atoms with Crippen LogP contribution in [0.2, 0.25) is 0 Å². The molecule has 17 heavy (non-hydrogen) atoms. The van der Waals surface area contributed by atoms with Crippen LogP contribution in [-0.4, -0.2) is 36.1 Å². The number of carbonyl (C=O) groups excluding carboxylic acids is 4. The van der Waals surface area contributed by atoms with Crippen molar-refractivity contribution in [1.29, 1.82) is 0 Å². The Morgan fingerprint density at radius 1 is 1.24 bits per heavy atom. The summed E-state index contributed by atoms with van der Waals surface area (Å²) in [5, 5.41) is 0. The normalized spacial score (nSPS) is 13.7. The van der Waals surface area contributed by atoms with E-state index in [2.05, 4.69) is 26.3 Å². The third-order valence-electron chi connectivity index (χ3n) is 1.64. The van der Waals surface area contributed by atoms with Crippen LogP contribution >= 0.6 is 0 Å². The highest BCUT2D eigenvalue weighted by Crippen LogP contribution is 2.21. The molecule has 0 bridgehead atoms. The van der Waals surface area contributed by atoms with E-state index in [0.29, 0.717) is 0 Å². The molecule has 0 aromatic heterocycles. The predicted molar refractivity (Wildman–Crippen MR) is 52.8 cm³/mol. The highest BCUT2D eigenvalue weighted by molar-refractivity contribution is 5.81. The van der Waals surface area contributed by atoms with Crippen molar-refractivity contribution >= 4 is 24.2 Å². The van der Waals surface area contributed by atoms with Gasteiger partial charge < -0.3 is 4.74 Å². The zero-order chi connectivity index (χ0) is 13.3. The van der Waals surface area contributed by atoms with Crippen molar-refractivity contribution in [3.63, 3.8) is 0 Å². The fourth-order valence-corrected chi connectivity index (χ4v) is 0.851. The predicted octanol–water partition coefficient (Wildman–Crippen LogP) is -0.235. The van der Waals surface area contributed by atoms with Crippen molar-refractivity contribution in [3.8, 4) is 0 Å². The first-order valence-electron chi connectivity index (χ1n) is 4.16. The van der Waals surface area contributed by atoms with Crippen molar-refractivity contribution < 1.29 is 23.9 Å². The Morgan fingerprint density at radius 3 is 1.94 bits per heavy atom. The summed E-state index contributed by atoms with van der Waals surface area (Å²) >= 11 is 0. The van der Waals surface area contributed by atoms with E-state index in [1.54, 1.807) is 0 Å². The van der Waals surface area contributed by atoms with Gasteiger partial charge in [0.15, 0.2) is 6.10 Å². The van der Waals surface area contributed by atoms with Gasteiger partial charge in [0.1, 0.15) is 0 Å². The van der Waals surface area contributed by atoms with Crippen molar-refractivity contribution in [1.82, 2.24) is 0 Å². The third-order valence-corrected chi connectivity index (χ3v) is 1.64. The molecule has 1 atom stereocenters. The molecule has 0 N–H and O–H groups in total. The first-order chi connectivity index (χ1) is 8.06. The van der Waals surface area contributed by atoms with Crippen molar-refractivity contribution in [2.75, 3.05) is 0 Å². The van der Waals surface area contributed by atoms with Crippen molar-refractivity contribution in [3.05, 3.63) is 12.7 Å². The fraction of sp³-hybridized carbons (Fsp3) is 0.333. The lowest BCUT2D eigenvalue weighted by Gasteiger charge is -2.22. The second-order valence-electron chi connectivity index (χ2n) is 2.58. The van der Waals surface area contributed by atoms with Crippen LogP contribution in [0.25, 0.3) is 0 Å². The molecule has 0 heterocycles. The zero-order valence-electron chi connectivity index (χ0n) is 8.74. The van der Waals surface area contributed by atoms with E-state index in [4.69, 9.17) is 0 Å². The van der Waals surface area contributed by atoms with Gasteiger partial charge in [-0.05, 0) is 6.92 Å². The number of ether oxygens (including phenoxy) is 1. The molecule has 0 rings (SSSR count). The minimum atomic E-state index is -2.25. The number of hydrogen-bond acceptors (Lipinski definition) is 8. The second-order valence-corrected chi connectivity index (χ2v) is 2.58. The monoisotopic (exact) mass is 237 g/mol. The molecule has 0 aromatic rings. The first kappa shape index (κ1) is 14.3. The average molecular weight is 237 g/mol. The Balaban J connectivity index is 5.48. The lowest BCUT2D eigenvalue weighted by atomic mass is 10.2. The van der Waals surface area contributed by atoms with Gasteiger partial charge >= 0.3 is 11.8 Å². The van der Waals surface area contributed by atoms with E-state index in [1.807, 2.05) is 0 Å². The molecule has 0 saturated carbocycles. The molecule has 0 amide bonds. The number of isocyanates is 3. The summed E-state index contributed by atoms with van der Waals surface area (Å²) in [4.78, 5) is 50.7. The molecule has 0 aliphatic heterocycles. The number of nitrogens with zero attached hydrogens (tertiary/aromatic N) is 3. The smallest absolute Gasteiger partial charge is 0.330 e. The molecule has 88 valence electrons. The summed E-state index contributed by atoms with van der Waals surface area (Å²) < 4.78 is 4.65. The average Bonchev–Trinajstić information content (AvgIpc) is 2.29. The van der Waals surface area contributed by atoms with Crippen molar-refractivity contribution in [2.45, 2.75) is 18.8 Å². The SMILES string of the molecule is C=CC(=O)OC(C)C(N=C=O)(N=C=O)N=C=O. The van der Waals surface area contributed by atoms with Crippen LogP contribution in [0.5, 0.6) is 0 Å². The summed E-state index contributed by atoms with van der Waals surface area (Å²) in [7, 11) is 0. The molecule has 1 unspecified atom stereocenters. The molecule has 0 aliphatic rings. The van der Waals surface area contributed by atoms with Gasteiger partial charge in [-0.15, -0.1) is 15.0 Å². The largest absolute Gasteiger partial charge is 0.453 e. The second kappa shape index (κ2) is 6.76. The Morgan fingerprint density at radius 2 is 1.65 bits per heavy atom. The topological polar surface area (TPSA) is 115 Å². The maximum Gasteiger partial charge on any atom is 0.330 e. The van der Waals surface area contributed by atoms with Gasteiger partial charge in [0.25, 0.3) is 0 Å². The molecule has 0 radical (unpaired) electrons. The summed E-state index contributed by atoms with van der Waals surface area (Å²) in [6, 6.07) is 0. The Kier molecular flexibility index (Phi) is 5.71. The molecule has 0 aromatic carbocycles. The van der Waals surface area contributed by atoms with Crippen LogP contribution in [-0.2, 0) is 23.9 Å². The molecule has 8 heteroatoms. The van der Waals surface area contributed by atoms with Gasteiger partial charge in [-0.25, -0.2) is 19.2 Å². The lowest BCUT2D eigenvalue weighted by molar-refractivity contribution is -0.145. The summed E-state index contributed by atoms with van der Waals surface area (Å²) in [6.45, 7) is 4.35. The molecular weight excluding hydrogens is 230 g/mol. The van der Waals surface area contributed by atoms with Crippen LogP contribution in [0.1, 0.15) is 6.92 Å². The van der Waals surface area contributed by atoms with Gasteiger partial charge in [-0.1, -0.05) is 6.58 Å². The molecular formula is C9H7N3O5. The molecule has 0 saturated heterocycles. The van der Waals surface area contributed by atoms with Crippen LogP contribution in [0.4, 0.5) is 0 Å². The molecule has 8 nitrogen and oxygen atoms in total. The van der Waals surface area contributed by atoms with E-state index in [-0.39, 0.29) is 0 Å². The van der Waals surface area contributed by atoms with Gasteiger partial charge in [0.2, 0.25) is 18.2 Å². The maximum absolute atomic E-state index is 10.9. The Labute approximate surface area is 95.4 Å². The standard InChI is InChI=1S/C9H7N3O5/c1-3-8(16)17-7(2)9(10-4-13,11-5-14)12-6-15/h3,7H,1H2,2H3. The first-order valence-corrected chi connectivity index (χ1v) is 4.16. The van der Waals surface area contributed by atoms with Crippen LogP contribution in [0, 0.1) is 0 Å². The summed E-state index contributed by atoms with van der Waals surface area (Å²) in [6.07, 6.45) is 2.72. The fourth-order valence-electron chi connectivity index (χ4n) is 0.851. The lowest BCUT2D eigenvalue weighted by Crippen LogP contribution is -2.38. The van der Waals surface area contributed by atoms with E-state index in [9.17, 15) is 19.2 Å². The summed E-state index contributed by atoms with van der Waals surface area (Å²) in [5.74, 6) is -3.12. The third kappa shape index (κ3) is 3.77. The van der Waals surface area contributed by atoms with Crippen LogP contribution in [0.3, 0.4) is 0 Å². The number of carbonyl (C=O) groups is 1. The van der Waals surface area contributed by atoms with Gasteiger partial charge in [-0.2, -0.15) is 0 Å². The highest BCUT2D eigenvalue weighted by atomic mass is 16.5. The quantitative estimate of drug-likeness (QED) is 0.274. The number of rotatable bonds is 6. The Bertz CT molecular complexity index is 408. The minimum absolute atomic E-state index is 0.834. The van der Waals surface area contributed by atoms with E-state index < -0.39 is 17.9 Å². The van der Waals surface area contributed by atoms with Gasteiger partial charge in [-0.3, -0.25) is 0 Å². The van der Waals surface area contributed by atoms with Crippen LogP contribution in [0.15, 0.2) is 27.6 Å². The highest BCUT2D eigenvalue weighted by Gasteiger charge is 2.39. The Hall–Kier alpha value is -2.65. The van der Waals surface area contributed by atoms with Crippen molar-refractivity contribution in [2.24, 2.45) is 15.0 Å². The number of hydrogen-bond donors (Lipinski definition) is 0.